The maximum Gasteiger partial charge on any atom is -0.0105 e. The van der Waals surface area contributed by atoms with Gasteiger partial charge < -0.3 is 0 Å². The Labute approximate surface area is 110 Å². The lowest BCUT2D eigenvalue weighted by atomic mass is 9.51. The third-order valence-corrected chi connectivity index (χ3v) is 5.78. The fourth-order valence-corrected chi connectivity index (χ4v) is 5.32. The third kappa shape index (κ3) is 1.58. The Morgan fingerprint density at radius 1 is 0.833 bits per heavy atom. The molecule has 4 aliphatic carbocycles. The van der Waals surface area contributed by atoms with Gasteiger partial charge in [-0.25, -0.2) is 0 Å². The summed E-state index contributed by atoms with van der Waals surface area (Å²) in [5.74, 6) is 5.02. The van der Waals surface area contributed by atoms with Crippen molar-refractivity contribution in [2.45, 2.75) is 38.0 Å². The van der Waals surface area contributed by atoms with Gasteiger partial charge in [-0.1, -0.05) is 36.9 Å². The molecular formula is C18H22. The van der Waals surface area contributed by atoms with Gasteiger partial charge in [-0.3, -0.25) is 0 Å². The van der Waals surface area contributed by atoms with Crippen molar-refractivity contribution in [2.75, 3.05) is 0 Å². The van der Waals surface area contributed by atoms with Gasteiger partial charge in [0, 0.05) is 0 Å². The molecule has 0 spiro atoms. The average molecular weight is 238 g/mol. The molecule has 18 heavy (non-hydrogen) atoms. The van der Waals surface area contributed by atoms with Crippen LogP contribution < -0.4 is 0 Å². The third-order valence-electron chi connectivity index (χ3n) is 5.78. The minimum atomic E-state index is 0.872. The van der Waals surface area contributed by atoms with Crippen molar-refractivity contribution in [3.8, 4) is 0 Å². The van der Waals surface area contributed by atoms with E-state index in [2.05, 4.69) is 30.8 Å². The normalized spacial score (nSPS) is 41.0. The SMILES string of the molecule is C=Cc1ccc(C2C3CC4CC(C3)CC2C4)cc1. The van der Waals surface area contributed by atoms with Crippen LogP contribution in [0.15, 0.2) is 30.8 Å². The smallest absolute Gasteiger partial charge is 0.0105 e. The lowest BCUT2D eigenvalue weighted by Gasteiger charge is -2.54. The van der Waals surface area contributed by atoms with E-state index in [1.165, 1.54) is 31.2 Å². The zero-order valence-electron chi connectivity index (χ0n) is 11.0. The highest BCUT2D eigenvalue weighted by atomic mass is 14.5. The van der Waals surface area contributed by atoms with Crippen molar-refractivity contribution in [2.24, 2.45) is 23.7 Å². The number of benzene rings is 1. The van der Waals surface area contributed by atoms with Crippen LogP contribution >= 0.6 is 0 Å². The number of hydrogen-bond acceptors (Lipinski definition) is 0. The first-order valence-electron chi connectivity index (χ1n) is 7.56. The van der Waals surface area contributed by atoms with E-state index < -0.39 is 0 Å². The van der Waals surface area contributed by atoms with E-state index >= 15 is 0 Å². The van der Waals surface area contributed by atoms with Crippen LogP contribution in [-0.2, 0) is 0 Å². The monoisotopic (exact) mass is 238 g/mol. The van der Waals surface area contributed by atoms with E-state index in [1.54, 1.807) is 12.0 Å². The lowest BCUT2D eigenvalue weighted by molar-refractivity contribution is -0.00277. The average Bonchev–Trinajstić information content (AvgIpc) is 2.38. The summed E-state index contributed by atoms with van der Waals surface area (Å²) in [5.41, 5.74) is 2.86. The Hall–Kier alpha value is -1.04. The van der Waals surface area contributed by atoms with Crippen LogP contribution in [0.2, 0.25) is 0 Å². The van der Waals surface area contributed by atoms with Gasteiger partial charge in [-0.2, -0.15) is 0 Å². The predicted octanol–water partition coefficient (Wildman–Crippen LogP) is 4.87. The lowest BCUT2D eigenvalue weighted by Crippen LogP contribution is -2.43. The summed E-state index contributed by atoms with van der Waals surface area (Å²) in [7, 11) is 0. The first-order chi connectivity index (χ1) is 8.83. The molecule has 4 saturated carbocycles. The molecular weight excluding hydrogens is 216 g/mol. The van der Waals surface area contributed by atoms with Crippen LogP contribution in [0.1, 0.15) is 49.1 Å². The zero-order chi connectivity index (χ0) is 12.1. The molecule has 0 heteroatoms. The van der Waals surface area contributed by atoms with Gasteiger partial charge in [-0.05, 0) is 72.8 Å². The van der Waals surface area contributed by atoms with Crippen molar-refractivity contribution >= 4 is 6.08 Å². The van der Waals surface area contributed by atoms with Gasteiger partial charge in [0.2, 0.25) is 0 Å². The van der Waals surface area contributed by atoms with Gasteiger partial charge in [0.15, 0.2) is 0 Å². The Morgan fingerprint density at radius 2 is 1.39 bits per heavy atom. The molecule has 0 nitrogen and oxygen atoms in total. The summed E-state index contributed by atoms with van der Waals surface area (Å²) in [5, 5.41) is 0. The fraction of sp³-hybridized carbons (Fsp3) is 0.556. The summed E-state index contributed by atoms with van der Waals surface area (Å²) >= 11 is 0. The molecule has 4 bridgehead atoms. The first kappa shape index (κ1) is 10.8. The topological polar surface area (TPSA) is 0 Å². The van der Waals surface area contributed by atoms with E-state index in [9.17, 15) is 0 Å². The Morgan fingerprint density at radius 3 is 1.89 bits per heavy atom. The summed E-state index contributed by atoms with van der Waals surface area (Å²) in [6, 6.07) is 9.22. The second-order valence-corrected chi connectivity index (χ2v) is 6.83. The van der Waals surface area contributed by atoms with E-state index in [-0.39, 0.29) is 0 Å². The van der Waals surface area contributed by atoms with Crippen molar-refractivity contribution in [1.29, 1.82) is 0 Å². The van der Waals surface area contributed by atoms with Crippen LogP contribution in [0.4, 0.5) is 0 Å². The molecule has 4 aliphatic rings. The van der Waals surface area contributed by atoms with E-state index in [0.717, 1.165) is 29.6 Å². The molecule has 0 amide bonds. The molecule has 0 radical (unpaired) electrons. The first-order valence-corrected chi connectivity index (χ1v) is 7.56. The van der Waals surface area contributed by atoms with Gasteiger partial charge in [0.1, 0.15) is 0 Å². The van der Waals surface area contributed by atoms with Crippen molar-refractivity contribution in [3.63, 3.8) is 0 Å². The molecule has 0 N–H and O–H groups in total. The van der Waals surface area contributed by atoms with Crippen molar-refractivity contribution in [1.82, 2.24) is 0 Å². The molecule has 5 rings (SSSR count). The second-order valence-electron chi connectivity index (χ2n) is 6.83. The zero-order valence-corrected chi connectivity index (χ0v) is 11.0. The van der Waals surface area contributed by atoms with Crippen molar-refractivity contribution in [3.05, 3.63) is 42.0 Å². The number of hydrogen-bond donors (Lipinski definition) is 0. The van der Waals surface area contributed by atoms with Gasteiger partial charge >= 0.3 is 0 Å². The molecule has 0 aliphatic heterocycles. The minimum Gasteiger partial charge on any atom is -0.0985 e. The molecule has 0 unspecified atom stereocenters. The summed E-state index contributed by atoms with van der Waals surface area (Å²) in [6.07, 6.45) is 9.55. The Bertz CT molecular complexity index is 425. The summed E-state index contributed by atoms with van der Waals surface area (Å²) in [4.78, 5) is 0. The molecule has 0 saturated heterocycles. The Kier molecular flexibility index (Phi) is 2.40. The van der Waals surface area contributed by atoms with E-state index in [0.29, 0.717) is 0 Å². The highest BCUT2D eigenvalue weighted by Gasteiger charge is 2.48. The van der Waals surface area contributed by atoms with Gasteiger partial charge in [-0.15, -0.1) is 0 Å². The summed E-state index contributed by atoms with van der Waals surface area (Å²) in [6.45, 7) is 3.85. The van der Waals surface area contributed by atoms with E-state index in [1.807, 2.05) is 6.08 Å². The second kappa shape index (κ2) is 3.98. The minimum absolute atomic E-state index is 0.872. The molecule has 4 fully saturated rings. The highest BCUT2D eigenvalue weighted by Crippen LogP contribution is 2.59. The Balaban J connectivity index is 1.65. The standard InChI is InChI=1S/C18H22/c1-2-12-3-5-15(6-4-12)18-16-8-13-7-14(10-16)11-17(18)9-13/h2-6,13-14,16-18H,1,7-11H2. The largest absolute Gasteiger partial charge is 0.0985 e. The van der Waals surface area contributed by atoms with Crippen LogP contribution in [0.3, 0.4) is 0 Å². The van der Waals surface area contributed by atoms with Gasteiger partial charge in [0.05, 0.1) is 0 Å². The fourth-order valence-electron chi connectivity index (χ4n) is 5.32. The predicted molar refractivity (Wildman–Crippen MR) is 76.3 cm³/mol. The molecule has 0 heterocycles. The van der Waals surface area contributed by atoms with Gasteiger partial charge in [0.25, 0.3) is 0 Å². The number of rotatable bonds is 2. The molecule has 0 atom stereocenters. The quantitative estimate of drug-likeness (QED) is 0.689. The van der Waals surface area contributed by atoms with Crippen molar-refractivity contribution < 1.29 is 0 Å². The van der Waals surface area contributed by atoms with Crippen LogP contribution in [-0.4, -0.2) is 0 Å². The maximum absolute atomic E-state index is 3.85. The molecule has 94 valence electrons. The van der Waals surface area contributed by atoms with Crippen LogP contribution in [0.25, 0.3) is 6.08 Å². The molecule has 0 aromatic heterocycles. The highest BCUT2D eigenvalue weighted by molar-refractivity contribution is 5.47. The maximum atomic E-state index is 3.85. The van der Waals surface area contributed by atoms with E-state index in [4.69, 9.17) is 0 Å². The van der Waals surface area contributed by atoms with Crippen LogP contribution in [0, 0.1) is 23.7 Å². The molecule has 1 aromatic rings. The van der Waals surface area contributed by atoms with Crippen LogP contribution in [0.5, 0.6) is 0 Å². The summed E-state index contributed by atoms with van der Waals surface area (Å²) < 4.78 is 0. The molecule has 1 aromatic carbocycles.